The monoisotopic (exact) mass is 389 g/mol. The predicted octanol–water partition coefficient (Wildman–Crippen LogP) is 4.94. The molecule has 1 fully saturated rings. The predicted molar refractivity (Wildman–Crippen MR) is 104 cm³/mol. The summed E-state index contributed by atoms with van der Waals surface area (Å²) in [7, 11) is 0. The molecule has 1 aliphatic carbocycles. The quantitative estimate of drug-likeness (QED) is 0.693. The number of urea groups is 1. The van der Waals surface area contributed by atoms with E-state index in [2.05, 4.69) is 16.0 Å². The highest BCUT2D eigenvalue weighted by atomic mass is 35.5. The Morgan fingerprint density at radius 3 is 2.26 bits per heavy atom. The largest absolute Gasteiger partial charge is 0.324 e. The number of benzene rings is 2. The second-order valence-corrected chi connectivity index (χ2v) is 7.13. The Morgan fingerprint density at radius 1 is 0.926 bits per heavy atom. The first-order valence-electron chi connectivity index (χ1n) is 8.89. The zero-order valence-electron chi connectivity index (χ0n) is 14.7. The van der Waals surface area contributed by atoms with Gasteiger partial charge < -0.3 is 16.0 Å². The van der Waals surface area contributed by atoms with Crippen molar-refractivity contribution in [2.45, 2.75) is 37.6 Å². The summed E-state index contributed by atoms with van der Waals surface area (Å²) >= 11 is 5.93. The molecular formula is C20H21ClFN3O2. The molecule has 5 nitrogen and oxygen atoms in total. The van der Waals surface area contributed by atoms with Gasteiger partial charge in [0.05, 0.1) is 0 Å². The number of carbonyl (C=O) groups is 2. The van der Waals surface area contributed by atoms with E-state index >= 15 is 0 Å². The van der Waals surface area contributed by atoms with Gasteiger partial charge in [0, 0.05) is 16.4 Å². The maximum atomic E-state index is 13.4. The maximum absolute atomic E-state index is 13.4. The third kappa shape index (κ3) is 4.98. The third-order valence-electron chi connectivity index (χ3n) is 4.66. The van der Waals surface area contributed by atoms with Crippen LogP contribution in [0, 0.1) is 5.82 Å². The molecule has 27 heavy (non-hydrogen) atoms. The van der Waals surface area contributed by atoms with Crippen LogP contribution in [0.2, 0.25) is 5.02 Å². The summed E-state index contributed by atoms with van der Waals surface area (Å²) in [6.07, 6.45) is 3.71. The summed E-state index contributed by atoms with van der Waals surface area (Å²) in [5.74, 6) is -0.772. The molecule has 0 radical (unpaired) electrons. The van der Waals surface area contributed by atoms with E-state index in [1.165, 1.54) is 18.2 Å². The maximum Gasteiger partial charge on any atom is 0.320 e. The normalized spacial score (nSPS) is 15.6. The Labute approximate surface area is 162 Å². The van der Waals surface area contributed by atoms with E-state index in [9.17, 15) is 14.0 Å². The molecule has 2 aromatic rings. The van der Waals surface area contributed by atoms with Gasteiger partial charge in [-0.2, -0.15) is 0 Å². The SMILES string of the molecule is O=C(Nc1cccc(Cl)c1)NC1(C(=O)Nc2cccc(F)c2)CCCCC1. The molecule has 1 saturated carbocycles. The van der Waals surface area contributed by atoms with Crippen LogP contribution in [-0.4, -0.2) is 17.5 Å². The van der Waals surface area contributed by atoms with Crippen LogP contribution in [0.25, 0.3) is 0 Å². The van der Waals surface area contributed by atoms with Crippen LogP contribution < -0.4 is 16.0 Å². The Hall–Kier alpha value is -2.60. The number of anilines is 2. The fourth-order valence-electron chi connectivity index (χ4n) is 3.33. The van der Waals surface area contributed by atoms with Crippen molar-refractivity contribution in [2.75, 3.05) is 10.6 Å². The lowest BCUT2D eigenvalue weighted by atomic mass is 9.81. The van der Waals surface area contributed by atoms with E-state index in [0.717, 1.165) is 19.3 Å². The standard InChI is InChI=1S/C20H21ClFN3O2/c21-14-6-4-8-16(12-14)24-19(27)25-20(10-2-1-3-11-20)18(26)23-17-9-5-7-15(22)13-17/h4-9,12-13H,1-3,10-11H2,(H,23,26)(H2,24,25,27). The summed E-state index contributed by atoms with van der Waals surface area (Å²) in [5, 5.41) is 8.78. The number of carbonyl (C=O) groups excluding carboxylic acids is 2. The van der Waals surface area contributed by atoms with Gasteiger partial charge in [0.15, 0.2) is 0 Å². The molecule has 0 aliphatic heterocycles. The molecule has 0 unspecified atom stereocenters. The molecule has 3 amide bonds. The van der Waals surface area contributed by atoms with E-state index in [4.69, 9.17) is 11.6 Å². The van der Waals surface area contributed by atoms with Crippen molar-refractivity contribution in [3.63, 3.8) is 0 Å². The summed E-state index contributed by atoms with van der Waals surface area (Å²) in [6, 6.07) is 12.0. The van der Waals surface area contributed by atoms with Crippen LogP contribution >= 0.6 is 11.6 Å². The minimum Gasteiger partial charge on any atom is -0.324 e. The van der Waals surface area contributed by atoms with Gasteiger partial charge in [-0.25, -0.2) is 9.18 Å². The average Bonchev–Trinajstić information content (AvgIpc) is 2.62. The van der Waals surface area contributed by atoms with E-state index < -0.39 is 17.4 Å². The number of hydrogen-bond acceptors (Lipinski definition) is 2. The lowest BCUT2D eigenvalue weighted by molar-refractivity contribution is -0.123. The van der Waals surface area contributed by atoms with Gasteiger partial charge >= 0.3 is 6.03 Å². The smallest absolute Gasteiger partial charge is 0.320 e. The van der Waals surface area contributed by atoms with Crippen molar-refractivity contribution in [1.82, 2.24) is 5.32 Å². The number of amides is 3. The van der Waals surface area contributed by atoms with Crippen molar-refractivity contribution in [2.24, 2.45) is 0 Å². The van der Waals surface area contributed by atoms with Gasteiger partial charge in [0.25, 0.3) is 0 Å². The molecule has 0 heterocycles. The van der Waals surface area contributed by atoms with Gasteiger partial charge in [0.2, 0.25) is 5.91 Å². The van der Waals surface area contributed by atoms with Crippen molar-refractivity contribution in [3.05, 3.63) is 59.4 Å². The highest BCUT2D eigenvalue weighted by Gasteiger charge is 2.41. The Kier molecular flexibility index (Phi) is 5.96. The number of halogens is 2. The lowest BCUT2D eigenvalue weighted by Gasteiger charge is -2.36. The first-order chi connectivity index (χ1) is 13.0. The van der Waals surface area contributed by atoms with Gasteiger partial charge in [0.1, 0.15) is 11.4 Å². The molecule has 0 bridgehead atoms. The van der Waals surface area contributed by atoms with Crippen LogP contribution in [0.3, 0.4) is 0 Å². The minimum absolute atomic E-state index is 0.339. The highest BCUT2D eigenvalue weighted by molar-refractivity contribution is 6.30. The molecule has 0 saturated heterocycles. The Morgan fingerprint density at radius 2 is 1.59 bits per heavy atom. The molecule has 1 aliphatic rings. The summed E-state index contributed by atoms with van der Waals surface area (Å²) < 4.78 is 13.4. The summed E-state index contributed by atoms with van der Waals surface area (Å²) in [5.41, 5.74) is -0.133. The van der Waals surface area contributed by atoms with E-state index in [0.29, 0.717) is 29.2 Å². The Balaban J connectivity index is 1.73. The second-order valence-electron chi connectivity index (χ2n) is 6.70. The molecule has 142 valence electrons. The van der Waals surface area contributed by atoms with E-state index in [1.54, 1.807) is 30.3 Å². The van der Waals surface area contributed by atoms with Crippen LogP contribution in [0.4, 0.5) is 20.6 Å². The summed E-state index contributed by atoms with van der Waals surface area (Å²) in [6.45, 7) is 0. The minimum atomic E-state index is -1.03. The zero-order valence-corrected chi connectivity index (χ0v) is 15.5. The molecule has 3 N–H and O–H groups in total. The topological polar surface area (TPSA) is 70.2 Å². The molecule has 7 heteroatoms. The van der Waals surface area contributed by atoms with Crippen molar-refractivity contribution in [1.29, 1.82) is 0 Å². The number of rotatable bonds is 4. The van der Waals surface area contributed by atoms with Crippen LogP contribution in [-0.2, 0) is 4.79 Å². The second kappa shape index (κ2) is 8.39. The first-order valence-corrected chi connectivity index (χ1v) is 9.26. The molecule has 0 atom stereocenters. The zero-order chi connectivity index (χ0) is 19.3. The van der Waals surface area contributed by atoms with Gasteiger partial charge in [-0.3, -0.25) is 4.79 Å². The highest BCUT2D eigenvalue weighted by Crippen LogP contribution is 2.30. The van der Waals surface area contributed by atoms with E-state index in [1.807, 2.05) is 0 Å². The Bertz CT molecular complexity index is 837. The van der Waals surface area contributed by atoms with Crippen LogP contribution in [0.5, 0.6) is 0 Å². The van der Waals surface area contributed by atoms with Gasteiger partial charge in [-0.1, -0.05) is 43.0 Å². The average molecular weight is 390 g/mol. The van der Waals surface area contributed by atoms with Gasteiger partial charge in [-0.05, 0) is 49.2 Å². The fraction of sp³-hybridized carbons (Fsp3) is 0.300. The van der Waals surface area contributed by atoms with Crippen molar-refractivity contribution >= 4 is 34.9 Å². The molecule has 0 aromatic heterocycles. The third-order valence-corrected chi connectivity index (χ3v) is 4.89. The van der Waals surface area contributed by atoms with Crippen molar-refractivity contribution in [3.8, 4) is 0 Å². The lowest BCUT2D eigenvalue weighted by Crippen LogP contribution is -2.58. The number of hydrogen-bond donors (Lipinski definition) is 3. The molecular weight excluding hydrogens is 369 g/mol. The summed E-state index contributed by atoms with van der Waals surface area (Å²) in [4.78, 5) is 25.4. The molecule has 2 aromatic carbocycles. The first kappa shape index (κ1) is 19.2. The fourth-order valence-corrected chi connectivity index (χ4v) is 3.52. The van der Waals surface area contributed by atoms with E-state index in [-0.39, 0.29) is 5.91 Å². The molecule has 0 spiro atoms. The van der Waals surface area contributed by atoms with Crippen LogP contribution in [0.15, 0.2) is 48.5 Å². The number of nitrogens with one attached hydrogen (secondary N) is 3. The van der Waals surface area contributed by atoms with Crippen molar-refractivity contribution < 1.29 is 14.0 Å². The van der Waals surface area contributed by atoms with Gasteiger partial charge in [-0.15, -0.1) is 0 Å². The molecule has 3 rings (SSSR count). The van der Waals surface area contributed by atoms with Crippen LogP contribution in [0.1, 0.15) is 32.1 Å².